The predicted molar refractivity (Wildman–Crippen MR) is 80.8 cm³/mol. The molecule has 1 unspecified atom stereocenters. The lowest BCUT2D eigenvalue weighted by Crippen LogP contribution is -2.20. The molecule has 1 aromatic heterocycles. The number of rotatable bonds is 5. The van der Waals surface area contributed by atoms with Gasteiger partial charge in [0.05, 0.1) is 7.11 Å². The van der Waals surface area contributed by atoms with E-state index >= 15 is 0 Å². The summed E-state index contributed by atoms with van der Waals surface area (Å²) in [6, 6.07) is 11.0. The van der Waals surface area contributed by atoms with Crippen molar-refractivity contribution in [3.63, 3.8) is 0 Å². The van der Waals surface area contributed by atoms with Gasteiger partial charge in [0.15, 0.2) is 0 Å². The first-order chi connectivity index (χ1) is 9.60. The molecule has 3 nitrogen and oxygen atoms in total. The van der Waals surface area contributed by atoms with Crippen LogP contribution in [0, 0.1) is 6.92 Å². The molecule has 1 heterocycles. The van der Waals surface area contributed by atoms with Crippen LogP contribution >= 0.6 is 22.9 Å². The Labute approximate surface area is 127 Å². The second-order valence-corrected chi connectivity index (χ2v) is 6.04. The van der Waals surface area contributed by atoms with Gasteiger partial charge in [0.25, 0.3) is 0 Å². The molecule has 2 aromatic rings. The average molecular weight is 311 g/mol. The van der Waals surface area contributed by atoms with Gasteiger partial charge < -0.3 is 9.47 Å². The number of thiophene rings is 1. The van der Waals surface area contributed by atoms with Crippen LogP contribution in [-0.4, -0.2) is 19.7 Å². The summed E-state index contributed by atoms with van der Waals surface area (Å²) in [7, 11) is 1.39. The summed E-state index contributed by atoms with van der Waals surface area (Å²) in [4.78, 5) is 14.0. The van der Waals surface area contributed by atoms with Crippen molar-refractivity contribution < 1.29 is 14.3 Å². The molecule has 0 fully saturated rings. The summed E-state index contributed by atoms with van der Waals surface area (Å²) in [5, 5.41) is 0.649. The molecule has 0 radical (unpaired) electrons. The largest absolute Gasteiger partial charge is 0.492 e. The van der Waals surface area contributed by atoms with Crippen LogP contribution in [-0.2, 0) is 9.53 Å². The van der Waals surface area contributed by atoms with E-state index in [4.69, 9.17) is 21.1 Å². The van der Waals surface area contributed by atoms with Crippen LogP contribution in [0.3, 0.4) is 0 Å². The molecule has 0 aliphatic carbocycles. The number of hydrogen-bond donors (Lipinski definition) is 0. The van der Waals surface area contributed by atoms with E-state index in [0.29, 0.717) is 10.8 Å². The first-order valence-electron chi connectivity index (χ1n) is 6.12. The van der Waals surface area contributed by atoms with Crippen molar-refractivity contribution in [3.8, 4) is 5.75 Å². The highest BCUT2D eigenvalue weighted by Crippen LogP contribution is 2.27. The maximum atomic E-state index is 11.9. The molecule has 0 aliphatic rings. The zero-order valence-electron chi connectivity index (χ0n) is 11.3. The van der Waals surface area contributed by atoms with Crippen LogP contribution in [0.2, 0.25) is 5.02 Å². The van der Waals surface area contributed by atoms with Crippen LogP contribution in [0.1, 0.15) is 15.7 Å². The maximum Gasteiger partial charge on any atom is 0.317 e. The molecule has 0 spiro atoms. The Kier molecular flexibility index (Phi) is 5.04. The summed E-state index contributed by atoms with van der Waals surface area (Å²) in [5.74, 6) is -0.0215. The van der Waals surface area contributed by atoms with Crippen molar-refractivity contribution in [2.75, 3.05) is 13.7 Å². The molecular weight excluding hydrogens is 296 g/mol. The van der Waals surface area contributed by atoms with Crippen molar-refractivity contribution in [1.29, 1.82) is 0 Å². The van der Waals surface area contributed by atoms with E-state index in [1.54, 1.807) is 35.6 Å². The molecule has 0 saturated carbocycles. The molecular formula is C15H15ClO3S. The SMILES string of the molecule is COC(=O)C(COc1ccc(Cl)cc1)c1ccc(C)s1. The molecule has 0 N–H and O–H groups in total. The Balaban J connectivity index is 2.08. The summed E-state index contributed by atoms with van der Waals surface area (Å²) in [6.45, 7) is 2.25. The normalized spacial score (nSPS) is 11.9. The summed E-state index contributed by atoms with van der Waals surface area (Å²) in [6.07, 6.45) is 0. The number of benzene rings is 1. The predicted octanol–water partition coefficient (Wildman–Crippen LogP) is 4.05. The zero-order valence-corrected chi connectivity index (χ0v) is 12.8. The number of esters is 1. The van der Waals surface area contributed by atoms with Gasteiger partial charge in [-0.15, -0.1) is 11.3 Å². The Morgan fingerprint density at radius 1 is 1.25 bits per heavy atom. The fraction of sp³-hybridized carbons (Fsp3) is 0.267. The van der Waals surface area contributed by atoms with Crippen molar-refractivity contribution in [3.05, 3.63) is 51.2 Å². The molecule has 0 aliphatic heterocycles. The summed E-state index contributed by atoms with van der Waals surface area (Å²) >= 11 is 7.39. The lowest BCUT2D eigenvalue weighted by atomic mass is 10.1. The number of halogens is 1. The molecule has 1 aromatic carbocycles. The molecule has 0 bridgehead atoms. The molecule has 20 heavy (non-hydrogen) atoms. The maximum absolute atomic E-state index is 11.9. The standard InChI is InChI=1S/C15H15ClO3S/c1-10-3-8-14(20-10)13(15(17)18-2)9-19-12-6-4-11(16)5-7-12/h3-8,13H,9H2,1-2H3. The minimum Gasteiger partial charge on any atom is -0.492 e. The number of carbonyl (C=O) groups excluding carboxylic acids is 1. The van der Waals surface area contributed by atoms with E-state index in [1.165, 1.54) is 7.11 Å². The van der Waals surface area contributed by atoms with Gasteiger partial charge in [-0.25, -0.2) is 0 Å². The van der Waals surface area contributed by atoms with Gasteiger partial charge in [-0.2, -0.15) is 0 Å². The van der Waals surface area contributed by atoms with Crippen LogP contribution in [0.4, 0.5) is 0 Å². The van der Waals surface area contributed by atoms with Gasteiger partial charge >= 0.3 is 5.97 Å². The van der Waals surface area contributed by atoms with Crippen LogP contribution in [0.15, 0.2) is 36.4 Å². The average Bonchev–Trinajstić information content (AvgIpc) is 2.87. The molecule has 106 valence electrons. The lowest BCUT2D eigenvalue weighted by Gasteiger charge is -2.14. The number of ether oxygens (including phenoxy) is 2. The van der Waals surface area contributed by atoms with Crippen molar-refractivity contribution in [1.82, 2.24) is 0 Å². The quantitative estimate of drug-likeness (QED) is 0.782. The molecule has 0 amide bonds. The third kappa shape index (κ3) is 3.74. The van der Waals surface area contributed by atoms with Gasteiger partial charge in [0.1, 0.15) is 18.3 Å². The second-order valence-electron chi connectivity index (χ2n) is 4.29. The van der Waals surface area contributed by atoms with Crippen molar-refractivity contribution >= 4 is 28.9 Å². The Morgan fingerprint density at radius 2 is 1.95 bits per heavy atom. The third-order valence-electron chi connectivity index (χ3n) is 2.82. The highest BCUT2D eigenvalue weighted by Gasteiger charge is 2.24. The number of hydrogen-bond acceptors (Lipinski definition) is 4. The Bertz CT molecular complexity index is 577. The molecule has 5 heteroatoms. The highest BCUT2D eigenvalue weighted by atomic mass is 35.5. The molecule has 1 atom stereocenters. The zero-order chi connectivity index (χ0) is 14.5. The van der Waals surface area contributed by atoms with Crippen LogP contribution in [0.5, 0.6) is 5.75 Å². The fourth-order valence-electron chi connectivity index (χ4n) is 1.76. The van der Waals surface area contributed by atoms with E-state index in [2.05, 4.69) is 0 Å². The fourth-order valence-corrected chi connectivity index (χ4v) is 2.84. The monoisotopic (exact) mass is 310 g/mol. The van der Waals surface area contributed by atoms with E-state index in [-0.39, 0.29) is 12.6 Å². The number of aryl methyl sites for hydroxylation is 1. The Morgan fingerprint density at radius 3 is 2.50 bits per heavy atom. The van der Waals surface area contributed by atoms with E-state index in [0.717, 1.165) is 9.75 Å². The topological polar surface area (TPSA) is 35.5 Å². The van der Waals surface area contributed by atoms with Gasteiger partial charge in [0, 0.05) is 14.8 Å². The van der Waals surface area contributed by atoms with Gasteiger partial charge in [-0.1, -0.05) is 11.6 Å². The van der Waals surface area contributed by atoms with Gasteiger partial charge in [-0.3, -0.25) is 4.79 Å². The van der Waals surface area contributed by atoms with E-state index in [9.17, 15) is 4.79 Å². The Hall–Kier alpha value is -1.52. The molecule has 0 saturated heterocycles. The summed E-state index contributed by atoms with van der Waals surface area (Å²) < 4.78 is 10.5. The highest BCUT2D eigenvalue weighted by molar-refractivity contribution is 7.12. The van der Waals surface area contributed by atoms with Gasteiger partial charge in [0.2, 0.25) is 0 Å². The smallest absolute Gasteiger partial charge is 0.317 e. The minimum absolute atomic E-state index is 0.244. The second kappa shape index (κ2) is 6.77. The number of carbonyl (C=O) groups is 1. The first-order valence-corrected chi connectivity index (χ1v) is 7.32. The van der Waals surface area contributed by atoms with Crippen LogP contribution < -0.4 is 4.74 Å². The van der Waals surface area contributed by atoms with Crippen LogP contribution in [0.25, 0.3) is 0 Å². The first kappa shape index (κ1) is 14.9. The summed E-state index contributed by atoms with van der Waals surface area (Å²) in [5.41, 5.74) is 0. The van der Waals surface area contributed by atoms with Crippen molar-refractivity contribution in [2.24, 2.45) is 0 Å². The van der Waals surface area contributed by atoms with E-state index in [1.807, 2.05) is 19.1 Å². The third-order valence-corrected chi connectivity index (χ3v) is 4.19. The lowest BCUT2D eigenvalue weighted by molar-refractivity contribution is -0.143. The van der Waals surface area contributed by atoms with E-state index < -0.39 is 5.92 Å². The molecule has 2 rings (SSSR count). The van der Waals surface area contributed by atoms with Gasteiger partial charge in [-0.05, 0) is 43.3 Å². The minimum atomic E-state index is -0.408. The number of methoxy groups -OCH3 is 1. The van der Waals surface area contributed by atoms with Crippen molar-refractivity contribution in [2.45, 2.75) is 12.8 Å².